The van der Waals surface area contributed by atoms with E-state index in [-0.39, 0.29) is 17.1 Å². The number of carbonyl (C=O) groups is 2. The van der Waals surface area contributed by atoms with Crippen LogP contribution < -0.4 is 15.8 Å². The van der Waals surface area contributed by atoms with E-state index in [1.54, 1.807) is 18.2 Å². The molecule has 0 aliphatic heterocycles. The van der Waals surface area contributed by atoms with E-state index in [9.17, 15) is 9.59 Å². The van der Waals surface area contributed by atoms with Crippen molar-refractivity contribution in [2.24, 2.45) is 5.41 Å². The second-order valence-corrected chi connectivity index (χ2v) is 6.67. The van der Waals surface area contributed by atoms with Gasteiger partial charge in [-0.25, -0.2) is 0 Å². The number of nitrogens with one attached hydrogen (secondary N) is 2. The molecule has 22 heavy (non-hydrogen) atoms. The highest BCUT2D eigenvalue weighted by molar-refractivity contribution is 5.94. The molecule has 0 saturated carbocycles. The van der Waals surface area contributed by atoms with Crippen LogP contribution in [0, 0.1) is 5.41 Å². The Bertz CT molecular complexity index is 601. The zero-order valence-electron chi connectivity index (χ0n) is 13.6. The van der Waals surface area contributed by atoms with Crippen LogP contribution in [0.2, 0.25) is 0 Å². The van der Waals surface area contributed by atoms with Crippen molar-refractivity contribution in [3.05, 3.63) is 41.6 Å². The van der Waals surface area contributed by atoms with Gasteiger partial charge in [0.05, 0.1) is 0 Å². The molecule has 0 radical (unpaired) electrons. The second kappa shape index (κ2) is 6.22. The molecular formula is C17H23N3O2. The average Bonchev–Trinajstić information content (AvgIpc) is 2.42. The lowest BCUT2D eigenvalue weighted by Crippen LogP contribution is -2.39. The van der Waals surface area contributed by atoms with Crippen LogP contribution in [0.5, 0.6) is 0 Å². The zero-order valence-corrected chi connectivity index (χ0v) is 13.6. The van der Waals surface area contributed by atoms with Crippen molar-refractivity contribution >= 4 is 17.4 Å². The molecule has 118 valence electrons. The van der Waals surface area contributed by atoms with Gasteiger partial charge in [0, 0.05) is 43.5 Å². The highest BCUT2D eigenvalue weighted by Gasteiger charge is 2.27. The summed E-state index contributed by atoms with van der Waals surface area (Å²) >= 11 is 0. The molecule has 0 unspecified atom stereocenters. The van der Waals surface area contributed by atoms with E-state index in [4.69, 9.17) is 0 Å². The second-order valence-electron chi connectivity index (χ2n) is 6.67. The maximum Gasteiger partial charge on any atom is 0.269 e. The molecule has 0 fully saturated rings. The van der Waals surface area contributed by atoms with Gasteiger partial charge in [0.15, 0.2) is 5.78 Å². The fraction of sp³-hybridized carbons (Fsp3) is 0.412. The lowest BCUT2D eigenvalue weighted by Gasteiger charge is -2.29. The first kappa shape index (κ1) is 16.1. The topological polar surface area (TPSA) is 61.4 Å². The number of allylic oxidation sites excluding steroid dienone is 2. The normalized spacial score (nSPS) is 16.7. The summed E-state index contributed by atoms with van der Waals surface area (Å²) in [6, 6.07) is 7.33. The fourth-order valence-corrected chi connectivity index (χ4v) is 2.55. The van der Waals surface area contributed by atoms with Crippen LogP contribution in [0.1, 0.15) is 37.0 Å². The van der Waals surface area contributed by atoms with Gasteiger partial charge in [-0.3, -0.25) is 15.0 Å². The summed E-state index contributed by atoms with van der Waals surface area (Å²) in [6.45, 7) is 4.09. The fourth-order valence-electron chi connectivity index (χ4n) is 2.55. The Morgan fingerprint density at radius 2 is 1.77 bits per heavy atom. The number of nitrogens with zero attached hydrogens (tertiary/aromatic N) is 1. The van der Waals surface area contributed by atoms with Gasteiger partial charge < -0.3 is 10.3 Å². The molecule has 0 aromatic heterocycles. The molecule has 5 heteroatoms. The zero-order chi connectivity index (χ0) is 16.3. The molecule has 2 rings (SSSR count). The van der Waals surface area contributed by atoms with Crippen molar-refractivity contribution in [1.82, 2.24) is 10.9 Å². The molecule has 1 aromatic rings. The van der Waals surface area contributed by atoms with Crippen molar-refractivity contribution in [1.29, 1.82) is 0 Å². The predicted molar refractivity (Wildman–Crippen MR) is 87.5 cm³/mol. The molecular weight excluding hydrogens is 278 g/mol. The smallest absolute Gasteiger partial charge is 0.269 e. The third kappa shape index (κ3) is 4.10. The van der Waals surface area contributed by atoms with E-state index in [1.807, 2.05) is 45.0 Å². The molecule has 0 bridgehead atoms. The summed E-state index contributed by atoms with van der Waals surface area (Å²) in [4.78, 5) is 25.8. The van der Waals surface area contributed by atoms with E-state index in [1.165, 1.54) is 0 Å². The van der Waals surface area contributed by atoms with Gasteiger partial charge in [0.25, 0.3) is 5.91 Å². The van der Waals surface area contributed by atoms with Crippen molar-refractivity contribution in [3.63, 3.8) is 0 Å². The van der Waals surface area contributed by atoms with Crippen molar-refractivity contribution in [2.45, 2.75) is 26.7 Å². The summed E-state index contributed by atoms with van der Waals surface area (Å²) in [7, 11) is 3.90. The Balaban J connectivity index is 1.96. The Morgan fingerprint density at radius 1 is 1.14 bits per heavy atom. The number of hydrogen-bond acceptors (Lipinski definition) is 4. The predicted octanol–water partition coefficient (Wildman–Crippen LogP) is 2.26. The van der Waals surface area contributed by atoms with Crippen LogP contribution in [0.25, 0.3) is 0 Å². The van der Waals surface area contributed by atoms with E-state index in [2.05, 4.69) is 10.9 Å². The van der Waals surface area contributed by atoms with E-state index in [0.29, 0.717) is 12.0 Å². The minimum absolute atomic E-state index is 0.0771. The lowest BCUT2D eigenvalue weighted by atomic mass is 9.79. The third-order valence-electron chi connectivity index (χ3n) is 3.64. The number of benzene rings is 1. The maximum atomic E-state index is 12.1. The number of hydrazine groups is 1. The quantitative estimate of drug-likeness (QED) is 0.838. The van der Waals surface area contributed by atoms with Crippen LogP contribution in [0.15, 0.2) is 36.0 Å². The Kier molecular flexibility index (Phi) is 4.54. The molecule has 5 nitrogen and oxygen atoms in total. The van der Waals surface area contributed by atoms with Crippen LogP contribution >= 0.6 is 0 Å². The SMILES string of the molecule is CN(C)c1ccc(C(=O)NNC2=CC(=O)CC(C)(C)C2)cc1. The number of hydrogen-bond donors (Lipinski definition) is 2. The van der Waals surface area contributed by atoms with Crippen molar-refractivity contribution < 1.29 is 9.59 Å². The summed E-state index contributed by atoms with van der Waals surface area (Å²) in [5.74, 6) is -0.134. The molecule has 1 amide bonds. The standard InChI is InChI=1S/C17H23N3O2/c1-17(2)10-13(9-15(21)11-17)18-19-16(22)12-5-7-14(8-6-12)20(3)4/h5-9,18H,10-11H2,1-4H3,(H,19,22). The first-order valence-electron chi connectivity index (χ1n) is 7.34. The van der Waals surface area contributed by atoms with E-state index >= 15 is 0 Å². The van der Waals surface area contributed by atoms with Crippen LogP contribution in [0.3, 0.4) is 0 Å². The molecule has 0 heterocycles. The molecule has 1 aliphatic carbocycles. The number of ketones is 1. The molecule has 0 atom stereocenters. The van der Waals surface area contributed by atoms with Gasteiger partial charge in [0.1, 0.15) is 0 Å². The Labute approximate surface area is 131 Å². The Hall–Kier alpha value is -2.30. The van der Waals surface area contributed by atoms with Crippen LogP contribution in [-0.2, 0) is 4.79 Å². The van der Waals surface area contributed by atoms with Gasteiger partial charge in [-0.1, -0.05) is 13.8 Å². The van der Waals surface area contributed by atoms with Crippen LogP contribution in [0.4, 0.5) is 5.69 Å². The largest absolute Gasteiger partial charge is 0.378 e. The van der Waals surface area contributed by atoms with Crippen LogP contribution in [-0.4, -0.2) is 25.8 Å². The van der Waals surface area contributed by atoms with Crippen molar-refractivity contribution in [3.8, 4) is 0 Å². The first-order chi connectivity index (χ1) is 10.3. The number of anilines is 1. The highest BCUT2D eigenvalue weighted by atomic mass is 16.2. The molecule has 0 saturated heterocycles. The molecule has 1 aromatic carbocycles. The minimum Gasteiger partial charge on any atom is -0.378 e. The first-order valence-corrected chi connectivity index (χ1v) is 7.34. The molecule has 2 N–H and O–H groups in total. The minimum atomic E-state index is -0.220. The van der Waals surface area contributed by atoms with Crippen molar-refractivity contribution in [2.75, 3.05) is 19.0 Å². The van der Waals surface area contributed by atoms with Gasteiger partial charge >= 0.3 is 0 Å². The van der Waals surface area contributed by atoms with Gasteiger partial charge in [-0.15, -0.1) is 0 Å². The monoisotopic (exact) mass is 301 g/mol. The summed E-state index contributed by atoms with van der Waals surface area (Å²) in [5, 5.41) is 0. The van der Waals surface area contributed by atoms with Gasteiger partial charge in [-0.2, -0.15) is 0 Å². The summed E-state index contributed by atoms with van der Waals surface area (Å²) in [6.07, 6.45) is 2.84. The lowest BCUT2D eigenvalue weighted by molar-refractivity contribution is -0.117. The van der Waals surface area contributed by atoms with E-state index < -0.39 is 0 Å². The molecule has 0 spiro atoms. The average molecular weight is 301 g/mol. The van der Waals surface area contributed by atoms with Gasteiger partial charge in [-0.05, 0) is 36.1 Å². The summed E-state index contributed by atoms with van der Waals surface area (Å²) < 4.78 is 0. The van der Waals surface area contributed by atoms with Gasteiger partial charge in [0.2, 0.25) is 0 Å². The Morgan fingerprint density at radius 3 is 2.32 bits per heavy atom. The highest BCUT2D eigenvalue weighted by Crippen LogP contribution is 2.32. The summed E-state index contributed by atoms with van der Waals surface area (Å²) in [5.41, 5.74) is 7.80. The molecule has 1 aliphatic rings. The van der Waals surface area contributed by atoms with E-state index in [0.717, 1.165) is 17.8 Å². The maximum absolute atomic E-state index is 12.1. The third-order valence-corrected chi connectivity index (χ3v) is 3.64. The number of carbonyl (C=O) groups excluding carboxylic acids is 2. The number of rotatable bonds is 4. The number of amides is 1.